The van der Waals surface area contributed by atoms with Gasteiger partial charge in [0.2, 0.25) is 0 Å². The van der Waals surface area contributed by atoms with E-state index in [1.807, 2.05) is 6.92 Å². The first kappa shape index (κ1) is 12.3. The molecule has 0 aliphatic heterocycles. The van der Waals surface area contributed by atoms with Gasteiger partial charge in [0.15, 0.2) is 0 Å². The normalized spacial score (nSPS) is 10.3. The summed E-state index contributed by atoms with van der Waals surface area (Å²) in [5.74, 6) is 0. The summed E-state index contributed by atoms with van der Waals surface area (Å²) in [6, 6.07) is 0. The number of aryl methyl sites for hydroxylation is 1. The molecule has 2 nitrogen and oxygen atoms in total. The van der Waals surface area contributed by atoms with Crippen LogP contribution in [-0.4, -0.2) is 11.2 Å². The van der Waals surface area contributed by atoms with Crippen molar-refractivity contribution < 1.29 is 0 Å². The molecule has 0 aliphatic rings. The van der Waals surface area contributed by atoms with E-state index in [2.05, 4.69) is 36.3 Å². The van der Waals surface area contributed by atoms with Crippen molar-refractivity contribution in [2.45, 2.75) is 6.92 Å². The standard InChI is InChI=1S/C13H14N2S/c1-6-12-13(15-11(5)16-12)10(4)9(3)8-14-7-2/h6-8H,1-4H2,5H3. The van der Waals surface area contributed by atoms with E-state index >= 15 is 0 Å². The maximum absolute atomic E-state index is 4.41. The van der Waals surface area contributed by atoms with Gasteiger partial charge in [0, 0.05) is 18.0 Å². The van der Waals surface area contributed by atoms with Crippen LogP contribution in [0.25, 0.3) is 11.6 Å². The van der Waals surface area contributed by atoms with Crippen LogP contribution < -0.4 is 0 Å². The molecule has 0 spiro atoms. The Morgan fingerprint density at radius 3 is 2.62 bits per heavy atom. The van der Waals surface area contributed by atoms with Crippen LogP contribution in [0, 0.1) is 6.92 Å². The smallest absolute Gasteiger partial charge is 0.0908 e. The Balaban J connectivity index is 3.04. The minimum Gasteiger partial charge on any atom is -0.265 e. The van der Waals surface area contributed by atoms with Crippen molar-refractivity contribution in [3.05, 3.63) is 53.7 Å². The lowest BCUT2D eigenvalue weighted by Crippen LogP contribution is -1.91. The zero-order valence-electron chi connectivity index (χ0n) is 9.36. The first-order valence-electron chi connectivity index (χ1n) is 4.72. The van der Waals surface area contributed by atoms with Crippen LogP contribution >= 0.6 is 11.3 Å². The SMILES string of the molecule is C=CN=CC(=C)C(=C)c1nc(C)sc1C=C. The van der Waals surface area contributed by atoms with Crippen LogP contribution in [0.3, 0.4) is 0 Å². The number of thiazole rings is 1. The van der Waals surface area contributed by atoms with Gasteiger partial charge in [-0.2, -0.15) is 0 Å². The van der Waals surface area contributed by atoms with Gasteiger partial charge in [0.25, 0.3) is 0 Å². The third kappa shape index (κ3) is 2.64. The number of nitrogens with zero attached hydrogens (tertiary/aromatic N) is 2. The minimum absolute atomic E-state index is 0.730. The van der Waals surface area contributed by atoms with E-state index in [1.165, 1.54) is 6.20 Å². The molecule has 16 heavy (non-hydrogen) atoms. The average molecular weight is 230 g/mol. The van der Waals surface area contributed by atoms with E-state index < -0.39 is 0 Å². The molecule has 0 aromatic carbocycles. The Labute approximate surface area is 100 Å². The van der Waals surface area contributed by atoms with Crippen molar-refractivity contribution >= 4 is 29.2 Å². The molecule has 1 aromatic rings. The molecule has 1 rings (SSSR count). The highest BCUT2D eigenvalue weighted by Crippen LogP contribution is 2.27. The van der Waals surface area contributed by atoms with Crippen molar-refractivity contribution in [2.75, 3.05) is 0 Å². The molecule has 0 aliphatic carbocycles. The number of hydrogen-bond donors (Lipinski definition) is 0. The van der Waals surface area contributed by atoms with E-state index in [1.54, 1.807) is 23.6 Å². The minimum atomic E-state index is 0.730. The molecule has 0 saturated heterocycles. The van der Waals surface area contributed by atoms with Crippen LogP contribution in [0.5, 0.6) is 0 Å². The predicted molar refractivity (Wildman–Crippen MR) is 73.8 cm³/mol. The Hall–Kier alpha value is -1.74. The van der Waals surface area contributed by atoms with Gasteiger partial charge < -0.3 is 0 Å². The van der Waals surface area contributed by atoms with Crippen molar-refractivity contribution in [1.82, 2.24) is 4.98 Å². The van der Waals surface area contributed by atoms with Gasteiger partial charge in [-0.3, -0.25) is 4.99 Å². The number of aromatic nitrogens is 1. The van der Waals surface area contributed by atoms with E-state index in [0.717, 1.165) is 26.7 Å². The first-order chi connectivity index (χ1) is 7.60. The third-order valence-corrected chi connectivity index (χ3v) is 2.92. The maximum atomic E-state index is 4.41. The Kier molecular flexibility index (Phi) is 4.14. The lowest BCUT2D eigenvalue weighted by Gasteiger charge is -2.02. The molecule has 3 heteroatoms. The summed E-state index contributed by atoms with van der Waals surface area (Å²) in [7, 11) is 0. The molecule has 0 saturated carbocycles. The van der Waals surface area contributed by atoms with Gasteiger partial charge in [-0.1, -0.05) is 26.3 Å². The predicted octanol–water partition coefficient (Wildman–Crippen LogP) is 3.88. The van der Waals surface area contributed by atoms with Gasteiger partial charge >= 0.3 is 0 Å². The summed E-state index contributed by atoms with van der Waals surface area (Å²) in [5, 5.41) is 0.986. The van der Waals surface area contributed by atoms with Crippen molar-refractivity contribution in [3.63, 3.8) is 0 Å². The number of allylic oxidation sites excluding steroid dienone is 2. The molecule has 1 aromatic heterocycles. The number of hydrogen-bond acceptors (Lipinski definition) is 3. The molecular weight excluding hydrogens is 216 g/mol. The van der Waals surface area contributed by atoms with Crippen LogP contribution in [0.1, 0.15) is 15.6 Å². The van der Waals surface area contributed by atoms with Gasteiger partial charge in [-0.25, -0.2) is 4.98 Å². The van der Waals surface area contributed by atoms with Crippen molar-refractivity contribution in [2.24, 2.45) is 4.99 Å². The monoisotopic (exact) mass is 230 g/mol. The second kappa shape index (κ2) is 5.37. The largest absolute Gasteiger partial charge is 0.265 e. The van der Waals surface area contributed by atoms with E-state index in [9.17, 15) is 0 Å². The van der Waals surface area contributed by atoms with Crippen LogP contribution in [0.4, 0.5) is 0 Å². The van der Waals surface area contributed by atoms with Crippen LogP contribution in [0.15, 0.2) is 43.1 Å². The highest BCUT2D eigenvalue weighted by Gasteiger charge is 2.10. The van der Waals surface area contributed by atoms with E-state index in [-0.39, 0.29) is 0 Å². The van der Waals surface area contributed by atoms with Crippen molar-refractivity contribution in [3.8, 4) is 0 Å². The molecule has 0 unspecified atom stereocenters. The highest BCUT2D eigenvalue weighted by atomic mass is 32.1. The van der Waals surface area contributed by atoms with E-state index in [0.29, 0.717) is 0 Å². The molecule has 0 bridgehead atoms. The first-order valence-corrected chi connectivity index (χ1v) is 5.54. The summed E-state index contributed by atoms with van der Waals surface area (Å²) < 4.78 is 0. The average Bonchev–Trinajstić information content (AvgIpc) is 2.66. The maximum Gasteiger partial charge on any atom is 0.0908 e. The zero-order chi connectivity index (χ0) is 12.1. The lowest BCUT2D eigenvalue weighted by atomic mass is 10.1. The topological polar surface area (TPSA) is 25.2 Å². The number of rotatable bonds is 5. The highest BCUT2D eigenvalue weighted by molar-refractivity contribution is 7.12. The Bertz CT molecular complexity index is 478. The van der Waals surface area contributed by atoms with Crippen LogP contribution in [0.2, 0.25) is 0 Å². The molecule has 0 amide bonds. The number of aliphatic imine (C=N–C) groups is 1. The quantitative estimate of drug-likeness (QED) is 0.556. The fraction of sp³-hybridized carbons (Fsp3) is 0.0769. The molecule has 0 radical (unpaired) electrons. The zero-order valence-corrected chi connectivity index (χ0v) is 10.2. The third-order valence-electron chi connectivity index (χ3n) is 1.95. The fourth-order valence-corrected chi connectivity index (χ4v) is 1.97. The summed E-state index contributed by atoms with van der Waals surface area (Å²) in [5.41, 5.74) is 2.33. The second-order valence-electron chi connectivity index (χ2n) is 3.11. The van der Waals surface area contributed by atoms with Gasteiger partial charge in [0.05, 0.1) is 15.6 Å². The molecule has 0 atom stereocenters. The molecule has 1 heterocycles. The van der Waals surface area contributed by atoms with Gasteiger partial charge in [0.1, 0.15) is 0 Å². The Morgan fingerprint density at radius 2 is 2.06 bits per heavy atom. The molecular formula is C13H14N2S. The summed E-state index contributed by atoms with van der Waals surface area (Å²) in [6.07, 6.45) is 4.86. The van der Waals surface area contributed by atoms with E-state index in [4.69, 9.17) is 0 Å². The van der Waals surface area contributed by atoms with Crippen molar-refractivity contribution in [1.29, 1.82) is 0 Å². The summed E-state index contributed by atoms with van der Waals surface area (Å²) in [4.78, 5) is 9.33. The van der Waals surface area contributed by atoms with Crippen LogP contribution in [-0.2, 0) is 0 Å². The Morgan fingerprint density at radius 1 is 1.38 bits per heavy atom. The summed E-state index contributed by atoms with van der Waals surface area (Å²) >= 11 is 1.59. The second-order valence-corrected chi connectivity index (χ2v) is 4.35. The molecule has 0 fully saturated rings. The lowest BCUT2D eigenvalue weighted by molar-refractivity contribution is 1.26. The summed E-state index contributed by atoms with van der Waals surface area (Å²) in [6.45, 7) is 17.1. The van der Waals surface area contributed by atoms with Gasteiger partial charge in [-0.15, -0.1) is 11.3 Å². The molecule has 0 N–H and O–H groups in total. The molecule has 82 valence electrons. The fourth-order valence-electron chi connectivity index (χ4n) is 1.17. The van der Waals surface area contributed by atoms with Gasteiger partial charge in [-0.05, 0) is 18.6 Å².